The van der Waals surface area contributed by atoms with Crippen LogP contribution in [-0.2, 0) is 19.1 Å². The summed E-state index contributed by atoms with van der Waals surface area (Å²) in [6.45, 7) is 0.434. The number of aromatic amines is 2. The zero-order valence-electron chi connectivity index (χ0n) is 12.2. The summed E-state index contributed by atoms with van der Waals surface area (Å²) in [6.07, 6.45) is -4.34. The van der Waals surface area contributed by atoms with E-state index in [-0.39, 0.29) is 12.2 Å². The van der Waals surface area contributed by atoms with Crippen molar-refractivity contribution in [1.82, 2.24) is 9.97 Å². The van der Waals surface area contributed by atoms with Crippen LogP contribution in [0.3, 0.4) is 0 Å². The Kier molecular flexibility index (Phi) is 3.67. The quantitative estimate of drug-likeness (QED) is 0.826. The molecule has 24 heavy (non-hydrogen) atoms. The topological polar surface area (TPSA) is 92.8 Å². The van der Waals surface area contributed by atoms with Crippen molar-refractivity contribution in [3.8, 4) is 6.07 Å². The van der Waals surface area contributed by atoms with Crippen LogP contribution >= 0.6 is 0 Å². The number of benzene rings is 1. The van der Waals surface area contributed by atoms with Gasteiger partial charge in [0.25, 0.3) is 5.56 Å². The van der Waals surface area contributed by atoms with Crippen molar-refractivity contribution < 1.29 is 13.2 Å². The van der Waals surface area contributed by atoms with Gasteiger partial charge in [0.1, 0.15) is 0 Å². The lowest BCUT2D eigenvalue weighted by atomic mass is 10.0. The Bertz CT molecular complexity index is 953. The zero-order valence-corrected chi connectivity index (χ0v) is 12.2. The molecule has 0 unspecified atom stereocenters. The summed E-state index contributed by atoms with van der Waals surface area (Å²) < 4.78 is 39.2. The average Bonchev–Trinajstić information content (AvgIpc) is 2.52. The van der Waals surface area contributed by atoms with E-state index in [4.69, 9.17) is 5.26 Å². The first-order valence-electron chi connectivity index (χ1n) is 7.00. The number of hydrogen-bond acceptors (Lipinski definition) is 4. The first-order valence-corrected chi connectivity index (χ1v) is 7.00. The Hall–Kier alpha value is -3.02. The molecule has 1 aromatic carbocycles. The first-order chi connectivity index (χ1) is 11.3. The van der Waals surface area contributed by atoms with Gasteiger partial charge in [0.2, 0.25) is 0 Å². The maximum Gasteiger partial charge on any atom is 0.417 e. The normalized spacial score (nSPS) is 14.2. The number of fused-ring (bicyclic) bond motifs is 1. The number of nitrogens with one attached hydrogen (secondary N) is 2. The van der Waals surface area contributed by atoms with E-state index in [1.165, 1.54) is 12.1 Å². The minimum Gasteiger partial charge on any atom is -0.365 e. The smallest absolute Gasteiger partial charge is 0.365 e. The summed E-state index contributed by atoms with van der Waals surface area (Å²) in [5.41, 5.74) is -1.52. The Labute approximate surface area is 133 Å². The molecule has 2 heterocycles. The highest BCUT2D eigenvalue weighted by atomic mass is 19.4. The highest BCUT2D eigenvalue weighted by Crippen LogP contribution is 2.35. The summed E-state index contributed by atoms with van der Waals surface area (Å²) >= 11 is 0. The molecule has 0 spiro atoms. The van der Waals surface area contributed by atoms with Gasteiger partial charge in [-0.25, -0.2) is 4.79 Å². The molecule has 3 rings (SSSR count). The van der Waals surface area contributed by atoms with Crippen LogP contribution in [0.2, 0.25) is 0 Å². The molecule has 0 atom stereocenters. The van der Waals surface area contributed by atoms with Crippen molar-refractivity contribution in [1.29, 1.82) is 5.26 Å². The standard InChI is InChI=1S/C15H11F3N4O2/c16-15(17,18)11-5-9(2-1-8(11)6-19)22-4-3-10-12(7-22)20-14(24)21-13(10)23/h1-2,5H,3-4,7H2,(H2,20,21,23,24). The minimum absolute atomic E-state index is 0.109. The highest BCUT2D eigenvalue weighted by molar-refractivity contribution is 5.55. The number of nitriles is 1. The summed E-state index contributed by atoms with van der Waals surface area (Å²) in [5, 5.41) is 8.83. The lowest BCUT2D eigenvalue weighted by molar-refractivity contribution is -0.137. The van der Waals surface area contributed by atoms with E-state index in [1.54, 1.807) is 4.90 Å². The maximum absolute atomic E-state index is 13.1. The third-order valence-corrected chi connectivity index (χ3v) is 3.90. The third kappa shape index (κ3) is 2.78. The largest absolute Gasteiger partial charge is 0.417 e. The van der Waals surface area contributed by atoms with Gasteiger partial charge in [-0.1, -0.05) is 0 Å². The monoisotopic (exact) mass is 336 g/mol. The molecule has 1 aliphatic heterocycles. The van der Waals surface area contributed by atoms with Gasteiger partial charge in [-0.3, -0.25) is 9.78 Å². The zero-order chi connectivity index (χ0) is 17.5. The van der Waals surface area contributed by atoms with Crippen molar-refractivity contribution in [2.45, 2.75) is 19.1 Å². The first kappa shape index (κ1) is 15.9. The molecule has 0 amide bonds. The second-order valence-electron chi connectivity index (χ2n) is 5.38. The third-order valence-electron chi connectivity index (χ3n) is 3.90. The van der Waals surface area contributed by atoms with Gasteiger partial charge in [-0.2, -0.15) is 18.4 Å². The lowest BCUT2D eigenvalue weighted by Crippen LogP contribution is -2.38. The van der Waals surface area contributed by atoms with Gasteiger partial charge in [-0.15, -0.1) is 0 Å². The molecule has 6 nitrogen and oxygen atoms in total. The molecular weight excluding hydrogens is 325 g/mol. The number of halogens is 3. The molecule has 0 saturated carbocycles. The van der Waals surface area contributed by atoms with Gasteiger partial charge in [0.15, 0.2) is 0 Å². The molecule has 0 fully saturated rings. The molecular formula is C15H11F3N4O2. The summed E-state index contributed by atoms with van der Waals surface area (Å²) in [4.78, 5) is 29.3. The fourth-order valence-corrected chi connectivity index (χ4v) is 2.76. The number of hydrogen-bond donors (Lipinski definition) is 2. The van der Waals surface area contributed by atoms with E-state index >= 15 is 0 Å². The van der Waals surface area contributed by atoms with Crippen molar-refractivity contribution in [2.24, 2.45) is 0 Å². The van der Waals surface area contributed by atoms with Crippen LogP contribution < -0.4 is 16.1 Å². The predicted molar refractivity (Wildman–Crippen MR) is 78.6 cm³/mol. The van der Waals surface area contributed by atoms with Crippen LogP contribution in [0.5, 0.6) is 0 Å². The van der Waals surface area contributed by atoms with Gasteiger partial charge < -0.3 is 9.88 Å². The summed E-state index contributed by atoms with van der Waals surface area (Å²) in [7, 11) is 0. The van der Waals surface area contributed by atoms with E-state index in [9.17, 15) is 22.8 Å². The number of anilines is 1. The molecule has 0 radical (unpaired) electrons. The second kappa shape index (κ2) is 5.56. The van der Waals surface area contributed by atoms with Crippen molar-refractivity contribution in [2.75, 3.05) is 11.4 Å². The van der Waals surface area contributed by atoms with Gasteiger partial charge in [0.05, 0.1) is 23.7 Å². The van der Waals surface area contributed by atoms with Gasteiger partial charge >= 0.3 is 11.9 Å². The van der Waals surface area contributed by atoms with E-state index in [2.05, 4.69) is 9.97 Å². The Balaban J connectivity index is 2.01. The Morgan fingerprint density at radius 3 is 2.62 bits per heavy atom. The number of H-pyrrole nitrogens is 2. The van der Waals surface area contributed by atoms with E-state index < -0.39 is 28.6 Å². The fourth-order valence-electron chi connectivity index (χ4n) is 2.76. The van der Waals surface area contributed by atoms with Crippen LogP contribution in [0.25, 0.3) is 0 Å². The number of aromatic nitrogens is 2. The van der Waals surface area contributed by atoms with E-state index in [0.717, 1.165) is 12.1 Å². The molecule has 0 saturated heterocycles. The predicted octanol–water partition coefficient (Wildman–Crippen LogP) is 1.52. The van der Waals surface area contributed by atoms with Crippen molar-refractivity contribution in [3.05, 3.63) is 61.4 Å². The molecule has 0 bridgehead atoms. The van der Waals surface area contributed by atoms with Crippen LogP contribution in [0.1, 0.15) is 22.4 Å². The second-order valence-corrected chi connectivity index (χ2v) is 5.38. The van der Waals surface area contributed by atoms with Gasteiger partial charge in [0, 0.05) is 23.5 Å². The molecule has 1 aromatic heterocycles. The molecule has 0 aliphatic carbocycles. The molecule has 1 aliphatic rings. The number of rotatable bonds is 1. The van der Waals surface area contributed by atoms with Crippen LogP contribution in [0.15, 0.2) is 27.8 Å². The van der Waals surface area contributed by atoms with E-state index in [0.29, 0.717) is 24.2 Å². The SMILES string of the molecule is N#Cc1ccc(N2CCc3c([nH]c(=O)[nH]c3=O)C2)cc1C(F)(F)F. The summed E-state index contributed by atoms with van der Waals surface area (Å²) in [6, 6.07) is 4.98. The number of alkyl halides is 3. The molecule has 124 valence electrons. The van der Waals surface area contributed by atoms with Crippen LogP contribution in [-0.4, -0.2) is 16.5 Å². The van der Waals surface area contributed by atoms with Crippen LogP contribution in [0, 0.1) is 11.3 Å². The molecule has 2 N–H and O–H groups in total. The molecule has 9 heteroatoms. The Morgan fingerprint density at radius 1 is 1.21 bits per heavy atom. The average molecular weight is 336 g/mol. The maximum atomic E-state index is 13.1. The highest BCUT2D eigenvalue weighted by Gasteiger charge is 2.34. The minimum atomic E-state index is -4.64. The van der Waals surface area contributed by atoms with Crippen molar-refractivity contribution in [3.63, 3.8) is 0 Å². The summed E-state index contributed by atoms with van der Waals surface area (Å²) in [5.74, 6) is 0. The number of nitrogens with zero attached hydrogens (tertiary/aromatic N) is 2. The lowest BCUT2D eigenvalue weighted by Gasteiger charge is -2.30. The van der Waals surface area contributed by atoms with E-state index in [1.807, 2.05) is 0 Å². The molecule has 2 aromatic rings. The Morgan fingerprint density at radius 2 is 1.96 bits per heavy atom. The van der Waals surface area contributed by atoms with Gasteiger partial charge in [-0.05, 0) is 24.6 Å². The van der Waals surface area contributed by atoms with Crippen molar-refractivity contribution >= 4 is 5.69 Å². The fraction of sp³-hybridized carbons (Fsp3) is 0.267. The van der Waals surface area contributed by atoms with Crippen LogP contribution in [0.4, 0.5) is 18.9 Å².